The zero-order valence-electron chi connectivity index (χ0n) is 15.5. The first-order valence-electron chi connectivity index (χ1n) is 8.88. The summed E-state index contributed by atoms with van der Waals surface area (Å²) in [4.78, 5) is 25.0. The predicted molar refractivity (Wildman–Crippen MR) is 101 cm³/mol. The number of fused-ring (bicyclic) bond motifs is 1. The second-order valence-electron chi connectivity index (χ2n) is 6.44. The van der Waals surface area contributed by atoms with Gasteiger partial charge < -0.3 is 19.1 Å². The molecule has 2 aromatic rings. The van der Waals surface area contributed by atoms with Crippen molar-refractivity contribution in [2.45, 2.75) is 32.6 Å². The van der Waals surface area contributed by atoms with E-state index < -0.39 is 24.1 Å². The highest BCUT2D eigenvalue weighted by Gasteiger charge is 2.34. The van der Waals surface area contributed by atoms with E-state index in [1.165, 1.54) is 13.8 Å². The standard InChI is InChI=1S/C21H23NO5/c1-15(23)25-14-21-20(26-16(2)24)13-22(12-17-8-4-3-5-9-17)18-10-6-7-11-19(18)27-21/h3-11,20-21H,12-14H2,1-2H3/t20-,21-/m1/s1. The van der Waals surface area contributed by atoms with Crippen LogP contribution in [0.15, 0.2) is 54.6 Å². The van der Waals surface area contributed by atoms with Crippen molar-refractivity contribution in [3.05, 3.63) is 60.2 Å². The topological polar surface area (TPSA) is 65.1 Å². The van der Waals surface area contributed by atoms with E-state index in [1.54, 1.807) is 0 Å². The van der Waals surface area contributed by atoms with E-state index in [2.05, 4.69) is 4.90 Å². The minimum absolute atomic E-state index is 0.0147. The fraction of sp³-hybridized carbons (Fsp3) is 0.333. The first-order chi connectivity index (χ1) is 13.0. The van der Waals surface area contributed by atoms with Crippen molar-refractivity contribution in [1.82, 2.24) is 0 Å². The van der Waals surface area contributed by atoms with Crippen molar-refractivity contribution in [2.75, 3.05) is 18.1 Å². The molecule has 1 heterocycles. The Kier molecular flexibility index (Phi) is 5.96. The van der Waals surface area contributed by atoms with Crippen LogP contribution in [0, 0.1) is 0 Å². The number of benzene rings is 2. The summed E-state index contributed by atoms with van der Waals surface area (Å²) >= 11 is 0. The van der Waals surface area contributed by atoms with Crippen molar-refractivity contribution < 1.29 is 23.8 Å². The van der Waals surface area contributed by atoms with E-state index in [9.17, 15) is 9.59 Å². The number of ether oxygens (including phenoxy) is 3. The van der Waals surface area contributed by atoms with Gasteiger partial charge in [-0.25, -0.2) is 0 Å². The second-order valence-corrected chi connectivity index (χ2v) is 6.44. The van der Waals surface area contributed by atoms with Gasteiger partial charge in [0, 0.05) is 20.4 Å². The summed E-state index contributed by atoms with van der Waals surface area (Å²) in [5.41, 5.74) is 2.04. The Morgan fingerprint density at radius 3 is 2.44 bits per heavy atom. The van der Waals surface area contributed by atoms with E-state index in [4.69, 9.17) is 14.2 Å². The molecule has 0 saturated carbocycles. The molecule has 6 nitrogen and oxygen atoms in total. The molecule has 1 aliphatic rings. The molecule has 0 N–H and O–H groups in total. The highest BCUT2D eigenvalue weighted by Crippen LogP contribution is 2.34. The van der Waals surface area contributed by atoms with Crippen LogP contribution in [0.25, 0.3) is 0 Å². The van der Waals surface area contributed by atoms with Gasteiger partial charge in [-0.05, 0) is 17.7 Å². The molecule has 3 rings (SSSR count). The van der Waals surface area contributed by atoms with Gasteiger partial charge in [-0.15, -0.1) is 0 Å². The molecule has 6 heteroatoms. The monoisotopic (exact) mass is 369 g/mol. The zero-order valence-corrected chi connectivity index (χ0v) is 15.5. The molecule has 0 amide bonds. The van der Waals surface area contributed by atoms with Gasteiger partial charge in [0.25, 0.3) is 0 Å². The van der Waals surface area contributed by atoms with Crippen LogP contribution in [0.5, 0.6) is 5.75 Å². The van der Waals surface area contributed by atoms with Gasteiger partial charge in [-0.2, -0.15) is 0 Å². The van der Waals surface area contributed by atoms with Crippen molar-refractivity contribution in [2.24, 2.45) is 0 Å². The molecule has 142 valence electrons. The lowest BCUT2D eigenvalue weighted by Gasteiger charge is -2.28. The van der Waals surface area contributed by atoms with Gasteiger partial charge in [0.2, 0.25) is 0 Å². The van der Waals surface area contributed by atoms with Gasteiger partial charge >= 0.3 is 11.9 Å². The SMILES string of the molecule is CC(=O)OC[C@H]1Oc2ccccc2N(Cc2ccccc2)C[C@H]1OC(C)=O. The molecule has 0 fully saturated rings. The molecule has 27 heavy (non-hydrogen) atoms. The molecular formula is C21H23NO5. The van der Waals surface area contributed by atoms with Crippen LogP contribution in [-0.4, -0.2) is 37.3 Å². The molecule has 2 aromatic carbocycles. The molecule has 0 aliphatic carbocycles. The Bertz CT molecular complexity index is 792. The van der Waals surface area contributed by atoms with Crippen LogP contribution >= 0.6 is 0 Å². The Morgan fingerprint density at radius 2 is 1.74 bits per heavy atom. The minimum atomic E-state index is -0.584. The van der Waals surface area contributed by atoms with Crippen LogP contribution in [0.4, 0.5) is 5.69 Å². The minimum Gasteiger partial charge on any atom is -0.481 e. The summed E-state index contributed by atoms with van der Waals surface area (Å²) in [5, 5.41) is 0. The molecule has 1 aliphatic heterocycles. The van der Waals surface area contributed by atoms with Gasteiger partial charge in [0.15, 0.2) is 12.2 Å². The fourth-order valence-electron chi connectivity index (χ4n) is 3.11. The number of hydrogen-bond acceptors (Lipinski definition) is 6. The molecule has 0 aromatic heterocycles. The quantitative estimate of drug-likeness (QED) is 0.755. The zero-order chi connectivity index (χ0) is 19.2. The predicted octanol–water partition coefficient (Wildman–Crippen LogP) is 2.95. The van der Waals surface area contributed by atoms with Crippen LogP contribution in [0.2, 0.25) is 0 Å². The largest absolute Gasteiger partial charge is 0.481 e. The van der Waals surface area contributed by atoms with E-state index in [0.29, 0.717) is 18.8 Å². The number of nitrogens with zero attached hydrogens (tertiary/aromatic N) is 1. The Labute approximate surface area is 158 Å². The van der Waals surface area contributed by atoms with Gasteiger partial charge in [0.05, 0.1) is 12.2 Å². The van der Waals surface area contributed by atoms with Crippen LogP contribution in [0.3, 0.4) is 0 Å². The molecular weight excluding hydrogens is 346 g/mol. The van der Waals surface area contributed by atoms with Gasteiger partial charge in [-0.3, -0.25) is 9.59 Å². The third-order valence-electron chi connectivity index (χ3n) is 4.28. The summed E-state index contributed by atoms with van der Waals surface area (Å²) in [6.07, 6.45) is -1.15. The summed E-state index contributed by atoms with van der Waals surface area (Å²) in [7, 11) is 0. The number of carbonyl (C=O) groups is 2. The molecule has 0 saturated heterocycles. The van der Waals surface area contributed by atoms with E-state index in [-0.39, 0.29) is 6.61 Å². The maximum absolute atomic E-state index is 11.6. The number of esters is 2. The second kappa shape index (κ2) is 8.58. The lowest BCUT2D eigenvalue weighted by molar-refractivity contribution is -0.155. The molecule has 2 atom stereocenters. The third kappa shape index (κ3) is 5.00. The van der Waals surface area contributed by atoms with E-state index in [0.717, 1.165) is 11.3 Å². The normalized spacial score (nSPS) is 18.7. The summed E-state index contributed by atoms with van der Waals surface area (Å²) in [5.74, 6) is -0.138. The lowest BCUT2D eigenvalue weighted by atomic mass is 10.1. The van der Waals surface area contributed by atoms with E-state index >= 15 is 0 Å². The van der Waals surface area contributed by atoms with Crippen molar-refractivity contribution in [3.8, 4) is 5.75 Å². The summed E-state index contributed by atoms with van der Waals surface area (Å²) < 4.78 is 16.8. The lowest BCUT2D eigenvalue weighted by Crippen LogP contribution is -2.44. The number of carbonyl (C=O) groups excluding carboxylic acids is 2. The number of rotatable bonds is 5. The molecule has 0 bridgehead atoms. The van der Waals surface area contributed by atoms with Crippen molar-refractivity contribution >= 4 is 17.6 Å². The first kappa shape index (κ1) is 18.8. The highest BCUT2D eigenvalue weighted by atomic mass is 16.6. The maximum atomic E-state index is 11.6. The highest BCUT2D eigenvalue weighted by molar-refractivity contribution is 5.67. The number of hydrogen-bond donors (Lipinski definition) is 0. The molecule has 0 spiro atoms. The van der Waals surface area contributed by atoms with Crippen LogP contribution < -0.4 is 9.64 Å². The van der Waals surface area contributed by atoms with Crippen LogP contribution in [-0.2, 0) is 25.6 Å². The first-order valence-corrected chi connectivity index (χ1v) is 8.88. The summed E-state index contributed by atoms with van der Waals surface area (Å²) in [6.45, 7) is 3.78. The van der Waals surface area contributed by atoms with E-state index in [1.807, 2.05) is 54.6 Å². The van der Waals surface area contributed by atoms with Gasteiger partial charge in [-0.1, -0.05) is 42.5 Å². The van der Waals surface area contributed by atoms with Crippen LogP contribution in [0.1, 0.15) is 19.4 Å². The Morgan fingerprint density at radius 1 is 1.04 bits per heavy atom. The average molecular weight is 369 g/mol. The Balaban J connectivity index is 1.91. The molecule has 0 radical (unpaired) electrons. The Hall–Kier alpha value is -3.02. The molecule has 0 unspecified atom stereocenters. The average Bonchev–Trinajstić information content (AvgIpc) is 2.78. The fourth-order valence-corrected chi connectivity index (χ4v) is 3.11. The smallest absolute Gasteiger partial charge is 0.303 e. The number of anilines is 1. The van der Waals surface area contributed by atoms with Gasteiger partial charge in [0.1, 0.15) is 12.4 Å². The summed E-state index contributed by atoms with van der Waals surface area (Å²) in [6, 6.07) is 17.7. The third-order valence-corrected chi connectivity index (χ3v) is 4.28. The van der Waals surface area contributed by atoms with Crippen molar-refractivity contribution in [1.29, 1.82) is 0 Å². The number of para-hydroxylation sites is 2. The maximum Gasteiger partial charge on any atom is 0.303 e. The van der Waals surface area contributed by atoms with Crippen molar-refractivity contribution in [3.63, 3.8) is 0 Å².